The van der Waals surface area contributed by atoms with Gasteiger partial charge in [0.1, 0.15) is 0 Å². The first-order chi connectivity index (χ1) is 9.43. The van der Waals surface area contributed by atoms with Crippen LogP contribution in [0.3, 0.4) is 0 Å². The van der Waals surface area contributed by atoms with E-state index in [-0.39, 0.29) is 11.8 Å². The Morgan fingerprint density at radius 1 is 1.25 bits per heavy atom. The maximum absolute atomic E-state index is 11.6. The highest BCUT2D eigenvalue weighted by Gasteiger charge is 2.41. The van der Waals surface area contributed by atoms with Crippen LogP contribution in [0.25, 0.3) is 0 Å². The molecule has 20 heavy (non-hydrogen) atoms. The fraction of sp³-hybridized carbons (Fsp3) is 0.500. The molecule has 0 unspecified atom stereocenters. The van der Waals surface area contributed by atoms with Crippen LogP contribution in [0.4, 0.5) is 0 Å². The number of carbonyl (C=O) groups excluding carboxylic acids is 1. The van der Waals surface area contributed by atoms with E-state index in [1.807, 2.05) is 12.1 Å². The molecule has 2 aliphatic heterocycles. The maximum Gasteiger partial charge on any atom is 0.224 e. The van der Waals surface area contributed by atoms with Crippen LogP contribution in [0, 0.1) is 11.8 Å². The van der Waals surface area contributed by atoms with Gasteiger partial charge in [0.15, 0.2) is 9.84 Å². The second kappa shape index (κ2) is 4.86. The van der Waals surface area contributed by atoms with Crippen molar-refractivity contribution in [3.05, 3.63) is 29.8 Å². The number of carbonyl (C=O) groups is 1. The standard InChI is InChI=1S/C14H18N2O3S/c1-20(18,19)12-4-2-10(3-5-12)7-16-8-11-6-15-14(17)13(11)9-16/h2-5,11,13H,6-9H2,1H3,(H,15,17)/t11-,13+/m0/s1. The van der Waals surface area contributed by atoms with Crippen molar-refractivity contribution in [1.82, 2.24) is 10.2 Å². The maximum atomic E-state index is 11.6. The van der Waals surface area contributed by atoms with Crippen LogP contribution < -0.4 is 5.32 Å². The molecule has 0 bridgehead atoms. The van der Waals surface area contributed by atoms with Gasteiger partial charge < -0.3 is 5.32 Å². The Hall–Kier alpha value is -1.40. The first-order valence-corrected chi connectivity index (χ1v) is 8.62. The van der Waals surface area contributed by atoms with Crippen molar-refractivity contribution in [3.8, 4) is 0 Å². The molecule has 1 N–H and O–H groups in total. The summed E-state index contributed by atoms with van der Waals surface area (Å²) in [5.74, 6) is 0.730. The largest absolute Gasteiger partial charge is 0.355 e. The summed E-state index contributed by atoms with van der Waals surface area (Å²) in [5.41, 5.74) is 1.08. The molecule has 2 heterocycles. The molecule has 108 valence electrons. The summed E-state index contributed by atoms with van der Waals surface area (Å²) < 4.78 is 22.8. The molecule has 0 aliphatic carbocycles. The number of benzene rings is 1. The van der Waals surface area contributed by atoms with Gasteiger partial charge in [-0.05, 0) is 17.7 Å². The van der Waals surface area contributed by atoms with Crippen LogP contribution in [-0.4, -0.2) is 45.1 Å². The highest BCUT2D eigenvalue weighted by atomic mass is 32.2. The summed E-state index contributed by atoms with van der Waals surface area (Å²) in [5, 5.41) is 2.90. The number of nitrogens with zero attached hydrogens (tertiary/aromatic N) is 1. The molecule has 1 aromatic carbocycles. The third-order valence-corrected chi connectivity index (χ3v) is 5.28. The van der Waals surface area contributed by atoms with Crippen molar-refractivity contribution in [3.63, 3.8) is 0 Å². The van der Waals surface area contributed by atoms with Crippen LogP contribution in [0.5, 0.6) is 0 Å². The Balaban J connectivity index is 1.66. The van der Waals surface area contributed by atoms with Crippen molar-refractivity contribution in [2.24, 2.45) is 11.8 Å². The van der Waals surface area contributed by atoms with Crippen molar-refractivity contribution in [1.29, 1.82) is 0 Å². The van der Waals surface area contributed by atoms with Crippen molar-refractivity contribution >= 4 is 15.7 Å². The summed E-state index contributed by atoms with van der Waals surface area (Å²) >= 11 is 0. The molecule has 0 spiro atoms. The van der Waals surface area contributed by atoms with Crippen LogP contribution in [-0.2, 0) is 21.2 Å². The summed E-state index contributed by atoms with van der Waals surface area (Å²) in [6.07, 6.45) is 1.21. The third-order valence-electron chi connectivity index (χ3n) is 4.15. The van der Waals surface area contributed by atoms with E-state index < -0.39 is 9.84 Å². The molecule has 2 aliphatic rings. The first-order valence-electron chi connectivity index (χ1n) is 6.72. The van der Waals surface area contributed by atoms with E-state index in [0.717, 1.165) is 31.7 Å². The predicted octanol–water partition coefficient (Wildman–Crippen LogP) is 0.268. The van der Waals surface area contributed by atoms with Crippen LogP contribution in [0.1, 0.15) is 5.56 Å². The second-order valence-electron chi connectivity index (χ2n) is 5.72. The molecular formula is C14H18N2O3S. The molecule has 0 aromatic heterocycles. The number of amides is 1. The molecule has 0 radical (unpaired) electrons. The number of hydrogen-bond donors (Lipinski definition) is 1. The number of nitrogens with one attached hydrogen (secondary N) is 1. The molecule has 6 heteroatoms. The van der Waals surface area contributed by atoms with E-state index in [9.17, 15) is 13.2 Å². The first kappa shape index (κ1) is 13.6. The Labute approximate surface area is 118 Å². The molecule has 0 saturated carbocycles. The molecule has 2 atom stereocenters. The Bertz CT molecular complexity index is 624. The van der Waals surface area contributed by atoms with Gasteiger partial charge >= 0.3 is 0 Å². The predicted molar refractivity (Wildman–Crippen MR) is 74.8 cm³/mol. The highest BCUT2D eigenvalue weighted by molar-refractivity contribution is 7.90. The third kappa shape index (κ3) is 2.58. The molecule has 2 fully saturated rings. The van der Waals surface area contributed by atoms with Gasteiger partial charge in [-0.2, -0.15) is 0 Å². The number of sulfone groups is 1. The quantitative estimate of drug-likeness (QED) is 0.869. The molecule has 3 rings (SSSR count). The summed E-state index contributed by atoms with van der Waals surface area (Å²) in [6, 6.07) is 7.00. The topological polar surface area (TPSA) is 66.5 Å². The van der Waals surface area contributed by atoms with Gasteiger partial charge in [-0.25, -0.2) is 8.42 Å². The fourth-order valence-corrected chi connectivity index (χ4v) is 3.69. The van der Waals surface area contributed by atoms with Gasteiger partial charge in [0, 0.05) is 38.4 Å². The lowest BCUT2D eigenvalue weighted by atomic mass is 10.0. The minimum Gasteiger partial charge on any atom is -0.355 e. The zero-order chi connectivity index (χ0) is 14.3. The lowest BCUT2D eigenvalue weighted by Gasteiger charge is -2.16. The molecular weight excluding hydrogens is 276 g/mol. The van der Waals surface area contributed by atoms with Gasteiger partial charge in [0.25, 0.3) is 0 Å². The minimum absolute atomic E-state index is 0.130. The second-order valence-corrected chi connectivity index (χ2v) is 7.74. The van der Waals surface area contributed by atoms with E-state index in [2.05, 4.69) is 10.2 Å². The zero-order valence-corrected chi connectivity index (χ0v) is 12.2. The number of fused-ring (bicyclic) bond motifs is 1. The van der Waals surface area contributed by atoms with Crippen molar-refractivity contribution in [2.75, 3.05) is 25.9 Å². The normalized spacial score (nSPS) is 26.6. The Morgan fingerprint density at radius 3 is 2.55 bits per heavy atom. The van der Waals surface area contributed by atoms with Crippen LogP contribution in [0.15, 0.2) is 29.2 Å². The van der Waals surface area contributed by atoms with Gasteiger partial charge in [0.2, 0.25) is 5.91 Å². The van der Waals surface area contributed by atoms with Crippen LogP contribution >= 0.6 is 0 Å². The molecule has 2 saturated heterocycles. The zero-order valence-electron chi connectivity index (χ0n) is 11.4. The number of likely N-dealkylation sites (tertiary alicyclic amines) is 1. The van der Waals surface area contributed by atoms with Gasteiger partial charge in [0.05, 0.1) is 10.8 Å². The summed E-state index contributed by atoms with van der Waals surface area (Å²) in [7, 11) is -3.13. The van der Waals surface area contributed by atoms with E-state index in [1.165, 1.54) is 6.26 Å². The SMILES string of the molecule is CS(=O)(=O)c1ccc(CN2C[C@@H]3CNC(=O)[C@@H]3C2)cc1. The van der Waals surface area contributed by atoms with E-state index in [0.29, 0.717) is 10.8 Å². The Kier molecular flexibility index (Phi) is 3.30. The van der Waals surface area contributed by atoms with E-state index in [1.54, 1.807) is 12.1 Å². The lowest BCUT2D eigenvalue weighted by Crippen LogP contribution is -2.28. The average molecular weight is 294 g/mol. The molecule has 1 amide bonds. The monoisotopic (exact) mass is 294 g/mol. The van der Waals surface area contributed by atoms with Gasteiger partial charge in [-0.1, -0.05) is 12.1 Å². The fourth-order valence-electron chi connectivity index (χ4n) is 3.06. The summed E-state index contributed by atoms with van der Waals surface area (Å²) in [4.78, 5) is 14.2. The van der Waals surface area contributed by atoms with Crippen LogP contribution in [0.2, 0.25) is 0 Å². The molecule has 1 aromatic rings. The Morgan fingerprint density at radius 2 is 1.95 bits per heavy atom. The van der Waals surface area contributed by atoms with E-state index >= 15 is 0 Å². The number of rotatable bonds is 3. The average Bonchev–Trinajstić information content (AvgIpc) is 2.92. The molecule has 5 nitrogen and oxygen atoms in total. The van der Waals surface area contributed by atoms with E-state index in [4.69, 9.17) is 0 Å². The van der Waals surface area contributed by atoms with Crippen molar-refractivity contribution < 1.29 is 13.2 Å². The van der Waals surface area contributed by atoms with Crippen molar-refractivity contribution in [2.45, 2.75) is 11.4 Å². The minimum atomic E-state index is -3.13. The van der Waals surface area contributed by atoms with Gasteiger partial charge in [-0.15, -0.1) is 0 Å². The number of hydrogen-bond acceptors (Lipinski definition) is 4. The lowest BCUT2D eigenvalue weighted by molar-refractivity contribution is -0.122. The van der Waals surface area contributed by atoms with Gasteiger partial charge in [-0.3, -0.25) is 9.69 Å². The smallest absolute Gasteiger partial charge is 0.224 e. The highest BCUT2D eigenvalue weighted by Crippen LogP contribution is 2.28. The summed E-state index contributed by atoms with van der Waals surface area (Å²) in [6.45, 7) is 3.28.